The maximum atomic E-state index is 13.9. The number of aromatic hydroxyl groups is 1. The number of carbonyl (C=O) groups is 4. The van der Waals surface area contributed by atoms with Gasteiger partial charge in [-0.25, -0.2) is 4.79 Å². The van der Waals surface area contributed by atoms with E-state index >= 15 is 0 Å². The van der Waals surface area contributed by atoms with Crippen molar-refractivity contribution in [2.24, 2.45) is 11.7 Å². The van der Waals surface area contributed by atoms with Gasteiger partial charge < -0.3 is 41.9 Å². The van der Waals surface area contributed by atoms with E-state index in [0.29, 0.717) is 17.5 Å². The number of amides is 3. The lowest BCUT2D eigenvalue weighted by molar-refractivity contribution is -0.142. The van der Waals surface area contributed by atoms with E-state index in [0.717, 1.165) is 27.4 Å². The molecule has 0 aliphatic rings. The summed E-state index contributed by atoms with van der Waals surface area (Å²) in [5.41, 5.74) is 10.3. The molecule has 12 nitrogen and oxygen atoms in total. The molecule has 5 rings (SSSR count). The van der Waals surface area contributed by atoms with Crippen molar-refractivity contribution >= 4 is 45.5 Å². The van der Waals surface area contributed by atoms with Gasteiger partial charge in [0, 0.05) is 47.0 Å². The molecule has 9 N–H and O–H groups in total. The van der Waals surface area contributed by atoms with Gasteiger partial charge in [0.15, 0.2) is 0 Å². The van der Waals surface area contributed by atoms with Gasteiger partial charge in [0.1, 0.15) is 23.9 Å². The fourth-order valence-corrected chi connectivity index (χ4v) is 5.92. The van der Waals surface area contributed by atoms with Gasteiger partial charge in [0.05, 0.1) is 6.04 Å². The number of H-pyrrole nitrogens is 2. The summed E-state index contributed by atoms with van der Waals surface area (Å²) in [6.07, 6.45) is 4.31. The maximum Gasteiger partial charge on any atom is 0.326 e. The zero-order valence-corrected chi connectivity index (χ0v) is 27.4. The number of rotatable bonds is 15. The van der Waals surface area contributed by atoms with Crippen LogP contribution in [0.1, 0.15) is 37.0 Å². The summed E-state index contributed by atoms with van der Waals surface area (Å²) in [6, 6.07) is 16.8. The number of carbonyl (C=O) groups excluding carboxylic acids is 3. The Hall–Kier alpha value is -5.62. The molecular formula is C37H42N6O6. The lowest BCUT2D eigenvalue weighted by Gasteiger charge is -2.28. The van der Waals surface area contributed by atoms with Gasteiger partial charge >= 0.3 is 5.97 Å². The van der Waals surface area contributed by atoms with Crippen LogP contribution in [0.5, 0.6) is 5.75 Å². The average Bonchev–Trinajstić information content (AvgIpc) is 3.70. The second kappa shape index (κ2) is 15.5. The van der Waals surface area contributed by atoms with E-state index < -0.39 is 47.9 Å². The Morgan fingerprint density at radius 3 is 1.84 bits per heavy atom. The summed E-state index contributed by atoms with van der Waals surface area (Å²) in [7, 11) is 0. The third-order valence-electron chi connectivity index (χ3n) is 8.97. The van der Waals surface area contributed by atoms with Crippen LogP contribution < -0.4 is 21.7 Å². The van der Waals surface area contributed by atoms with E-state index in [1.807, 2.05) is 68.6 Å². The summed E-state index contributed by atoms with van der Waals surface area (Å²) in [5, 5.41) is 29.8. The molecule has 5 aromatic rings. The van der Waals surface area contributed by atoms with Crippen molar-refractivity contribution in [1.82, 2.24) is 25.9 Å². The second-order valence-electron chi connectivity index (χ2n) is 12.4. The summed E-state index contributed by atoms with van der Waals surface area (Å²) in [5.74, 6) is -3.36. The number of phenols is 1. The zero-order valence-electron chi connectivity index (χ0n) is 27.4. The first kappa shape index (κ1) is 34.7. The van der Waals surface area contributed by atoms with Crippen LogP contribution in [0.15, 0.2) is 85.2 Å². The van der Waals surface area contributed by atoms with Gasteiger partial charge in [-0.3, -0.25) is 14.4 Å². The summed E-state index contributed by atoms with van der Waals surface area (Å²) < 4.78 is 0. The maximum absolute atomic E-state index is 13.9. The molecule has 5 atom stereocenters. The van der Waals surface area contributed by atoms with Gasteiger partial charge in [-0.15, -0.1) is 0 Å². The number of aliphatic carboxylic acids is 1. The van der Waals surface area contributed by atoms with E-state index in [9.17, 15) is 29.4 Å². The van der Waals surface area contributed by atoms with Crippen LogP contribution >= 0.6 is 0 Å². The number of carboxylic acid groups (broad SMARTS) is 1. The van der Waals surface area contributed by atoms with Crippen LogP contribution in [-0.4, -0.2) is 68.0 Å². The minimum absolute atomic E-state index is 0.00146. The number of benzene rings is 3. The molecule has 0 aliphatic heterocycles. The van der Waals surface area contributed by atoms with E-state index in [1.54, 1.807) is 18.3 Å². The Bertz CT molecular complexity index is 1930. The zero-order chi connectivity index (χ0) is 35.1. The largest absolute Gasteiger partial charge is 0.508 e. The molecule has 5 unspecified atom stereocenters. The predicted molar refractivity (Wildman–Crippen MR) is 187 cm³/mol. The second-order valence-corrected chi connectivity index (χ2v) is 12.4. The quantitative estimate of drug-likeness (QED) is 0.0837. The molecule has 2 aromatic heterocycles. The highest BCUT2D eigenvalue weighted by atomic mass is 16.4. The molecule has 2 heterocycles. The van der Waals surface area contributed by atoms with Crippen molar-refractivity contribution in [3.8, 4) is 5.75 Å². The molecule has 0 aliphatic carbocycles. The fourth-order valence-electron chi connectivity index (χ4n) is 5.92. The van der Waals surface area contributed by atoms with Crippen LogP contribution in [0, 0.1) is 5.92 Å². The molecule has 0 saturated heterocycles. The highest BCUT2D eigenvalue weighted by Gasteiger charge is 2.33. The monoisotopic (exact) mass is 666 g/mol. The highest BCUT2D eigenvalue weighted by Crippen LogP contribution is 2.21. The van der Waals surface area contributed by atoms with E-state index in [2.05, 4.69) is 25.9 Å². The number of hydrogen-bond donors (Lipinski definition) is 8. The van der Waals surface area contributed by atoms with Crippen LogP contribution in [0.25, 0.3) is 21.8 Å². The molecule has 3 aromatic carbocycles. The first-order valence-electron chi connectivity index (χ1n) is 16.3. The fraction of sp³-hybridized carbons (Fsp3) is 0.297. The Morgan fingerprint density at radius 1 is 0.714 bits per heavy atom. The number of hydrogen-bond acceptors (Lipinski definition) is 6. The average molecular weight is 667 g/mol. The van der Waals surface area contributed by atoms with E-state index in [1.165, 1.54) is 12.1 Å². The number of aromatic amines is 2. The van der Waals surface area contributed by atoms with Gasteiger partial charge in [0.25, 0.3) is 0 Å². The van der Waals surface area contributed by atoms with E-state index in [-0.39, 0.29) is 30.9 Å². The Balaban J connectivity index is 1.33. The van der Waals surface area contributed by atoms with Crippen molar-refractivity contribution < 1.29 is 29.4 Å². The van der Waals surface area contributed by atoms with Gasteiger partial charge in [-0.05, 0) is 53.3 Å². The first-order chi connectivity index (χ1) is 23.5. The van der Waals surface area contributed by atoms with Crippen molar-refractivity contribution in [2.45, 2.75) is 63.7 Å². The third-order valence-corrected chi connectivity index (χ3v) is 8.97. The number of para-hydroxylation sites is 2. The number of fused-ring (bicyclic) bond motifs is 2. The Morgan fingerprint density at radius 2 is 1.27 bits per heavy atom. The molecule has 0 fully saturated rings. The summed E-state index contributed by atoms with van der Waals surface area (Å²) in [4.78, 5) is 59.6. The van der Waals surface area contributed by atoms with Crippen molar-refractivity contribution in [2.75, 3.05) is 0 Å². The number of aromatic nitrogens is 2. The molecule has 0 bridgehead atoms. The van der Waals surface area contributed by atoms with Crippen LogP contribution in [0.2, 0.25) is 0 Å². The summed E-state index contributed by atoms with van der Waals surface area (Å²) >= 11 is 0. The SMILES string of the molecule is CCC(C)C(NC(=O)C(N)Cc1c[nH]c2ccccc12)C(=O)NC(Cc1ccc(O)cc1)C(=O)NC(Cc1c[nH]c2ccccc12)C(=O)O. The van der Waals surface area contributed by atoms with Gasteiger partial charge in [-0.1, -0.05) is 68.8 Å². The normalized spacial score (nSPS) is 14.4. The number of nitrogens with one attached hydrogen (secondary N) is 5. The van der Waals surface area contributed by atoms with Crippen LogP contribution in [0.3, 0.4) is 0 Å². The highest BCUT2D eigenvalue weighted by molar-refractivity contribution is 5.95. The molecule has 0 saturated carbocycles. The minimum Gasteiger partial charge on any atom is -0.508 e. The van der Waals surface area contributed by atoms with Gasteiger partial charge in [0.2, 0.25) is 17.7 Å². The van der Waals surface area contributed by atoms with E-state index in [4.69, 9.17) is 5.73 Å². The number of nitrogens with two attached hydrogens (primary N) is 1. The Labute approximate surface area is 283 Å². The topological polar surface area (TPSA) is 202 Å². The van der Waals surface area contributed by atoms with Crippen LogP contribution in [-0.2, 0) is 38.4 Å². The lowest BCUT2D eigenvalue weighted by atomic mass is 9.96. The Kier molecular flexibility index (Phi) is 11.0. The van der Waals surface area contributed by atoms with Crippen molar-refractivity contribution in [3.63, 3.8) is 0 Å². The van der Waals surface area contributed by atoms with Crippen molar-refractivity contribution in [1.29, 1.82) is 0 Å². The molecule has 49 heavy (non-hydrogen) atoms. The molecule has 0 radical (unpaired) electrons. The molecule has 3 amide bonds. The molecular weight excluding hydrogens is 624 g/mol. The van der Waals surface area contributed by atoms with Gasteiger partial charge in [-0.2, -0.15) is 0 Å². The van der Waals surface area contributed by atoms with Crippen molar-refractivity contribution in [3.05, 3.63) is 102 Å². The predicted octanol–water partition coefficient (Wildman–Crippen LogP) is 3.30. The smallest absolute Gasteiger partial charge is 0.326 e. The number of phenolic OH excluding ortho intramolecular Hbond substituents is 1. The third kappa shape index (κ3) is 8.46. The molecule has 256 valence electrons. The standard InChI is InChI=1S/C37H42N6O6/c1-3-21(2)33(43-34(45)28(38)17-23-19-39-29-10-6-4-8-26(23)29)36(47)41-31(16-22-12-14-25(44)15-13-22)35(46)42-32(37(48)49)18-24-20-40-30-11-7-5-9-27(24)30/h4-15,19-21,28,31-33,39-40,44H,3,16-18,38H2,1-2H3,(H,41,47)(H,42,46)(H,43,45)(H,48,49). The molecule has 12 heteroatoms. The minimum atomic E-state index is -1.29. The molecule has 0 spiro atoms. The summed E-state index contributed by atoms with van der Waals surface area (Å²) in [6.45, 7) is 3.69. The van der Waals surface area contributed by atoms with Crippen LogP contribution in [0.4, 0.5) is 0 Å². The lowest BCUT2D eigenvalue weighted by Crippen LogP contribution is -2.59. The number of carboxylic acids is 1. The first-order valence-corrected chi connectivity index (χ1v) is 16.3.